The first-order chi connectivity index (χ1) is 22.2. The molecule has 3 aromatic carbocycles. The highest BCUT2D eigenvalue weighted by Crippen LogP contribution is 2.29. The molecule has 1 heterocycles. The van der Waals surface area contributed by atoms with Crippen LogP contribution in [0.3, 0.4) is 0 Å². The smallest absolute Gasteiger partial charge is 0.333 e. The number of aromatic nitrogens is 2. The maximum atomic E-state index is 13.3. The normalized spacial score (nSPS) is 11.5. The van der Waals surface area contributed by atoms with Crippen molar-refractivity contribution in [3.8, 4) is 17.2 Å². The summed E-state index contributed by atoms with van der Waals surface area (Å²) in [5, 5.41) is 15.4. The Bertz CT molecular complexity index is 1760. The molecule has 11 heteroatoms. The van der Waals surface area contributed by atoms with Gasteiger partial charge in [-0.15, -0.1) is 0 Å². The van der Waals surface area contributed by atoms with E-state index in [4.69, 9.17) is 18.9 Å². The number of hydrogen-bond acceptors (Lipinski definition) is 10. The summed E-state index contributed by atoms with van der Waals surface area (Å²) >= 11 is 0. The molecule has 11 nitrogen and oxygen atoms in total. The van der Waals surface area contributed by atoms with Crippen LogP contribution in [0.15, 0.2) is 85.1 Å². The van der Waals surface area contributed by atoms with Crippen LogP contribution >= 0.6 is 0 Å². The second-order valence-electron chi connectivity index (χ2n) is 12.0. The monoisotopic (exact) mass is 642 g/mol. The number of aliphatic hydroxyl groups is 1. The Morgan fingerprint density at radius 3 is 2.23 bits per heavy atom. The maximum Gasteiger partial charge on any atom is 0.333 e. The van der Waals surface area contributed by atoms with Gasteiger partial charge in [0, 0.05) is 29.1 Å². The SMILES string of the molecule is C=C(C)C(=O)OCCc1ccc(OC(=O)C(C)(C)C(=O)OCCOc2ccc(C(=O)C(C)(C)O)cc2)c(-n2cc3ccccc3n2)c1. The molecule has 0 atom stereocenters. The van der Waals surface area contributed by atoms with Crippen LogP contribution in [0.4, 0.5) is 0 Å². The fraction of sp³-hybridized carbons (Fsp3) is 0.306. The Labute approximate surface area is 272 Å². The molecule has 0 bridgehead atoms. The first-order valence-electron chi connectivity index (χ1n) is 15.0. The van der Waals surface area contributed by atoms with E-state index in [-0.39, 0.29) is 25.6 Å². The number of esters is 3. The molecular weight excluding hydrogens is 604 g/mol. The van der Waals surface area contributed by atoms with Gasteiger partial charge in [0.1, 0.15) is 30.3 Å². The summed E-state index contributed by atoms with van der Waals surface area (Å²) in [6, 6.07) is 18.8. The van der Waals surface area contributed by atoms with Crippen molar-refractivity contribution >= 4 is 34.6 Å². The number of ketones is 1. The fourth-order valence-electron chi connectivity index (χ4n) is 4.30. The molecule has 0 unspecified atom stereocenters. The summed E-state index contributed by atoms with van der Waals surface area (Å²) in [5.74, 6) is -1.94. The highest BCUT2D eigenvalue weighted by atomic mass is 16.6. The lowest BCUT2D eigenvalue weighted by atomic mass is 9.94. The Kier molecular flexibility index (Phi) is 10.6. The van der Waals surface area contributed by atoms with Crippen molar-refractivity contribution in [2.75, 3.05) is 19.8 Å². The number of carbonyl (C=O) groups excluding carboxylic acids is 4. The minimum Gasteiger partial charge on any atom is -0.490 e. The Morgan fingerprint density at radius 2 is 1.57 bits per heavy atom. The number of benzene rings is 3. The number of ether oxygens (including phenoxy) is 4. The first-order valence-corrected chi connectivity index (χ1v) is 15.0. The predicted octanol–water partition coefficient (Wildman–Crippen LogP) is 5.19. The molecule has 4 rings (SSSR count). The van der Waals surface area contributed by atoms with E-state index in [0.717, 1.165) is 16.5 Å². The van der Waals surface area contributed by atoms with Crippen molar-refractivity contribution in [2.45, 2.75) is 46.6 Å². The minimum atomic E-state index is -1.67. The van der Waals surface area contributed by atoms with Gasteiger partial charge >= 0.3 is 17.9 Å². The van der Waals surface area contributed by atoms with E-state index in [1.54, 1.807) is 48.1 Å². The van der Waals surface area contributed by atoms with Crippen molar-refractivity contribution in [1.29, 1.82) is 0 Å². The standard InChI is InChI=1S/C36H38N2O9/c1-23(2)32(40)45-18-17-24-11-16-30(29(21-24)38-22-26-9-7-8-10-28(26)37-38)47-34(42)35(3,4)33(41)46-20-19-44-27-14-12-25(13-15-27)31(39)36(5,6)43/h7-16,21-22,43H,1,17-20H2,2-6H3. The molecule has 0 aliphatic rings. The lowest BCUT2D eigenvalue weighted by Crippen LogP contribution is -2.39. The zero-order valence-electron chi connectivity index (χ0n) is 27.1. The molecule has 0 saturated carbocycles. The van der Waals surface area contributed by atoms with Crippen LogP contribution in [-0.4, -0.2) is 64.0 Å². The molecule has 0 amide bonds. The zero-order chi connectivity index (χ0) is 34.4. The number of carbonyl (C=O) groups is 4. The summed E-state index contributed by atoms with van der Waals surface area (Å²) in [5.41, 5.74) is -0.545. The second kappa shape index (κ2) is 14.4. The van der Waals surface area contributed by atoms with Crippen molar-refractivity contribution in [2.24, 2.45) is 5.41 Å². The van der Waals surface area contributed by atoms with Gasteiger partial charge in [0.25, 0.3) is 0 Å². The zero-order valence-corrected chi connectivity index (χ0v) is 27.1. The molecule has 47 heavy (non-hydrogen) atoms. The molecule has 0 saturated heterocycles. The number of rotatable bonds is 14. The van der Waals surface area contributed by atoms with E-state index in [9.17, 15) is 24.3 Å². The highest BCUT2D eigenvalue weighted by Gasteiger charge is 2.40. The van der Waals surface area contributed by atoms with Gasteiger partial charge in [0.15, 0.2) is 16.9 Å². The summed E-state index contributed by atoms with van der Waals surface area (Å²) in [4.78, 5) is 50.3. The van der Waals surface area contributed by atoms with Crippen molar-refractivity contribution in [3.05, 3.63) is 96.2 Å². The topological polar surface area (TPSA) is 143 Å². The molecule has 1 N–H and O–H groups in total. The average molecular weight is 643 g/mol. The number of nitrogens with zero attached hydrogens (tertiary/aromatic N) is 2. The summed E-state index contributed by atoms with van der Waals surface area (Å²) < 4.78 is 23.5. The fourth-order valence-corrected chi connectivity index (χ4v) is 4.30. The Hall–Kier alpha value is -5.29. The minimum absolute atomic E-state index is 0.00417. The van der Waals surface area contributed by atoms with Gasteiger partial charge in [-0.25, -0.2) is 9.48 Å². The second-order valence-corrected chi connectivity index (χ2v) is 12.0. The van der Waals surface area contributed by atoms with Crippen molar-refractivity contribution in [1.82, 2.24) is 9.78 Å². The molecule has 0 spiro atoms. The van der Waals surface area contributed by atoms with Crippen LogP contribution in [0.5, 0.6) is 11.5 Å². The van der Waals surface area contributed by atoms with Crippen LogP contribution in [0.1, 0.15) is 50.5 Å². The highest BCUT2D eigenvalue weighted by molar-refractivity contribution is 6.02. The van der Waals surface area contributed by atoms with Crippen molar-refractivity contribution in [3.63, 3.8) is 0 Å². The number of hydrogen-bond donors (Lipinski definition) is 1. The van der Waals surface area contributed by atoms with Gasteiger partial charge in [-0.3, -0.25) is 14.4 Å². The van der Waals surface area contributed by atoms with Crippen molar-refractivity contribution < 1.29 is 43.2 Å². The molecule has 1 aromatic heterocycles. The third kappa shape index (κ3) is 8.71. The third-order valence-electron chi connectivity index (χ3n) is 7.14. The number of fused-ring (bicyclic) bond motifs is 1. The maximum absolute atomic E-state index is 13.3. The molecule has 0 fully saturated rings. The van der Waals surface area contributed by atoms with E-state index in [0.29, 0.717) is 29.0 Å². The third-order valence-corrected chi connectivity index (χ3v) is 7.14. The van der Waals surface area contributed by atoms with Gasteiger partial charge in [-0.05, 0) is 82.6 Å². The predicted molar refractivity (Wildman–Crippen MR) is 173 cm³/mol. The van der Waals surface area contributed by atoms with Crippen LogP contribution in [0.2, 0.25) is 0 Å². The van der Waals surface area contributed by atoms with E-state index < -0.39 is 34.7 Å². The average Bonchev–Trinajstić information content (AvgIpc) is 3.47. The van der Waals surface area contributed by atoms with Gasteiger partial charge in [-0.1, -0.05) is 30.8 Å². The lowest BCUT2D eigenvalue weighted by Gasteiger charge is -2.22. The van der Waals surface area contributed by atoms with E-state index in [1.807, 2.05) is 24.3 Å². The van der Waals surface area contributed by atoms with Crippen LogP contribution in [-0.2, 0) is 30.3 Å². The molecule has 0 aliphatic carbocycles. The molecule has 246 valence electrons. The summed E-state index contributed by atoms with van der Waals surface area (Å²) in [7, 11) is 0. The number of Topliss-reactive ketones (excluding diaryl/α,β-unsaturated/α-hetero) is 1. The summed E-state index contributed by atoms with van der Waals surface area (Å²) in [6.07, 6.45) is 2.19. The molecule has 4 aromatic rings. The first kappa shape index (κ1) is 34.6. The van der Waals surface area contributed by atoms with Gasteiger partial charge in [-0.2, -0.15) is 5.10 Å². The Balaban J connectivity index is 1.41. The van der Waals surface area contributed by atoms with Crippen LogP contribution < -0.4 is 9.47 Å². The summed E-state index contributed by atoms with van der Waals surface area (Å²) in [6.45, 7) is 10.8. The molecular formula is C36H38N2O9. The van der Waals surface area contributed by atoms with Gasteiger partial charge in [0.05, 0.1) is 12.1 Å². The van der Waals surface area contributed by atoms with Crippen LogP contribution in [0, 0.1) is 5.41 Å². The van der Waals surface area contributed by atoms with E-state index >= 15 is 0 Å². The lowest BCUT2D eigenvalue weighted by molar-refractivity contribution is -0.165. The Morgan fingerprint density at radius 1 is 0.872 bits per heavy atom. The van der Waals surface area contributed by atoms with E-state index in [1.165, 1.54) is 39.8 Å². The van der Waals surface area contributed by atoms with Gasteiger partial charge < -0.3 is 24.1 Å². The van der Waals surface area contributed by atoms with Crippen LogP contribution in [0.25, 0.3) is 16.6 Å². The quantitative estimate of drug-likeness (QED) is 0.0487. The van der Waals surface area contributed by atoms with E-state index in [2.05, 4.69) is 11.7 Å². The largest absolute Gasteiger partial charge is 0.490 e. The molecule has 0 aliphatic heterocycles. The van der Waals surface area contributed by atoms with Gasteiger partial charge in [0.2, 0.25) is 0 Å². The molecule has 0 radical (unpaired) electrons.